The number of aromatic nitrogens is 1. The van der Waals surface area contributed by atoms with Crippen molar-refractivity contribution in [2.45, 2.75) is 19.8 Å². The average Bonchev–Trinajstić information content (AvgIpc) is 2.65. The molecule has 2 aromatic rings. The minimum absolute atomic E-state index is 0.778. The molecule has 0 aliphatic heterocycles. The molecule has 3 heteroatoms. The lowest BCUT2D eigenvalue weighted by Crippen LogP contribution is -2.19. The molecule has 1 heterocycles. The van der Waals surface area contributed by atoms with Gasteiger partial charge >= 0.3 is 0 Å². The first-order valence-electron chi connectivity index (χ1n) is 6.22. The zero-order valence-electron chi connectivity index (χ0n) is 10.7. The van der Waals surface area contributed by atoms with Gasteiger partial charge in [-0.05, 0) is 32.4 Å². The van der Waals surface area contributed by atoms with E-state index in [1.807, 2.05) is 0 Å². The van der Waals surface area contributed by atoms with Gasteiger partial charge in [0, 0.05) is 30.2 Å². The molecule has 1 aromatic heterocycles. The number of aromatic amines is 1. The summed E-state index contributed by atoms with van der Waals surface area (Å²) in [6.07, 6.45) is 2.23. The Morgan fingerprint density at radius 1 is 1.24 bits per heavy atom. The zero-order chi connectivity index (χ0) is 12.3. The molecule has 0 unspecified atom stereocenters. The number of unbranched alkanes of at least 4 members (excludes halogenated alkanes) is 1. The first kappa shape index (κ1) is 12.0. The van der Waals surface area contributed by atoms with Crippen molar-refractivity contribution in [1.82, 2.24) is 4.98 Å². The molecule has 2 rings (SSSR count). The lowest BCUT2D eigenvalue weighted by atomic mass is 10.2. The van der Waals surface area contributed by atoms with Crippen LogP contribution in [0.15, 0.2) is 24.3 Å². The number of nitrogens with zero attached hydrogens (tertiary/aromatic N) is 1. The summed E-state index contributed by atoms with van der Waals surface area (Å²) in [4.78, 5) is 5.76. The van der Waals surface area contributed by atoms with Crippen LogP contribution in [0, 0.1) is 6.92 Å². The highest BCUT2D eigenvalue weighted by Gasteiger charge is 2.11. The molecule has 1 aromatic carbocycles. The largest absolute Gasteiger partial charge is 0.373 e. The number of hydrogen-bond acceptors (Lipinski definition) is 2. The van der Waals surface area contributed by atoms with E-state index in [1.54, 1.807) is 0 Å². The van der Waals surface area contributed by atoms with Crippen molar-refractivity contribution in [1.29, 1.82) is 0 Å². The maximum atomic E-state index is 5.53. The summed E-state index contributed by atoms with van der Waals surface area (Å²) >= 11 is 0. The quantitative estimate of drug-likeness (QED) is 0.777. The van der Waals surface area contributed by atoms with Crippen LogP contribution in [0.2, 0.25) is 0 Å². The van der Waals surface area contributed by atoms with Gasteiger partial charge in [-0.1, -0.05) is 18.2 Å². The number of para-hydroxylation sites is 1. The van der Waals surface area contributed by atoms with Crippen LogP contribution in [0.1, 0.15) is 18.5 Å². The number of anilines is 1. The van der Waals surface area contributed by atoms with E-state index in [-0.39, 0.29) is 0 Å². The molecule has 17 heavy (non-hydrogen) atoms. The number of aryl methyl sites for hydroxylation is 1. The van der Waals surface area contributed by atoms with Gasteiger partial charge in [0.05, 0.1) is 5.69 Å². The van der Waals surface area contributed by atoms with Crippen LogP contribution in [0.25, 0.3) is 10.9 Å². The van der Waals surface area contributed by atoms with Gasteiger partial charge in [-0.2, -0.15) is 0 Å². The number of hydrogen-bond donors (Lipinski definition) is 2. The number of nitrogens with one attached hydrogen (secondary N) is 1. The minimum atomic E-state index is 0.778. The van der Waals surface area contributed by atoms with Crippen LogP contribution >= 0.6 is 0 Å². The summed E-state index contributed by atoms with van der Waals surface area (Å²) in [7, 11) is 2.15. The van der Waals surface area contributed by atoms with E-state index in [0.717, 1.165) is 25.9 Å². The predicted octanol–water partition coefficient (Wildman–Crippen LogP) is 2.65. The third-order valence-corrected chi connectivity index (χ3v) is 3.19. The van der Waals surface area contributed by atoms with Gasteiger partial charge in [0.1, 0.15) is 0 Å². The maximum Gasteiger partial charge on any atom is 0.0651 e. The Bertz CT molecular complexity index is 487. The molecule has 0 bridgehead atoms. The number of rotatable bonds is 5. The van der Waals surface area contributed by atoms with Crippen LogP contribution in [0.4, 0.5) is 5.69 Å². The Balaban J connectivity index is 2.24. The fourth-order valence-electron chi connectivity index (χ4n) is 2.36. The number of H-pyrrole nitrogens is 1. The highest BCUT2D eigenvalue weighted by atomic mass is 15.1. The van der Waals surface area contributed by atoms with E-state index in [1.165, 1.54) is 22.3 Å². The van der Waals surface area contributed by atoms with Crippen molar-refractivity contribution in [2.24, 2.45) is 5.73 Å². The van der Waals surface area contributed by atoms with Crippen LogP contribution in [-0.4, -0.2) is 25.1 Å². The molecule has 0 saturated heterocycles. The Morgan fingerprint density at radius 2 is 2.00 bits per heavy atom. The molecule has 0 amide bonds. The third-order valence-electron chi connectivity index (χ3n) is 3.19. The molecule has 0 saturated carbocycles. The molecule has 0 radical (unpaired) electrons. The topological polar surface area (TPSA) is 45.0 Å². The normalized spacial score (nSPS) is 11.0. The highest BCUT2D eigenvalue weighted by Crippen LogP contribution is 2.29. The second kappa shape index (κ2) is 5.23. The second-order valence-electron chi connectivity index (χ2n) is 4.56. The minimum Gasteiger partial charge on any atom is -0.373 e. The van der Waals surface area contributed by atoms with Gasteiger partial charge in [-0.25, -0.2) is 0 Å². The summed E-state index contributed by atoms with van der Waals surface area (Å²) in [5, 5.41) is 1.31. The molecule has 3 N–H and O–H groups in total. The lowest BCUT2D eigenvalue weighted by molar-refractivity contribution is 0.728. The van der Waals surface area contributed by atoms with Crippen molar-refractivity contribution < 1.29 is 0 Å². The van der Waals surface area contributed by atoms with Gasteiger partial charge in [0.2, 0.25) is 0 Å². The summed E-state index contributed by atoms with van der Waals surface area (Å²) in [5.74, 6) is 0. The van der Waals surface area contributed by atoms with E-state index in [4.69, 9.17) is 5.73 Å². The fraction of sp³-hybridized carbons (Fsp3) is 0.429. The second-order valence-corrected chi connectivity index (χ2v) is 4.56. The smallest absolute Gasteiger partial charge is 0.0651 e. The van der Waals surface area contributed by atoms with E-state index in [9.17, 15) is 0 Å². The molecular formula is C14H21N3. The van der Waals surface area contributed by atoms with E-state index in [0.29, 0.717) is 0 Å². The zero-order valence-corrected chi connectivity index (χ0v) is 10.7. The van der Waals surface area contributed by atoms with Crippen LogP contribution in [-0.2, 0) is 0 Å². The monoisotopic (exact) mass is 231 g/mol. The third kappa shape index (κ3) is 2.44. The molecule has 0 atom stereocenters. The number of nitrogens with two attached hydrogens (primary N) is 1. The molecular weight excluding hydrogens is 210 g/mol. The predicted molar refractivity (Wildman–Crippen MR) is 74.6 cm³/mol. The Hall–Kier alpha value is -1.48. The first-order chi connectivity index (χ1) is 8.24. The van der Waals surface area contributed by atoms with Crippen molar-refractivity contribution in [3.8, 4) is 0 Å². The van der Waals surface area contributed by atoms with Crippen LogP contribution in [0.3, 0.4) is 0 Å². The van der Waals surface area contributed by atoms with Gasteiger partial charge < -0.3 is 15.6 Å². The Kier molecular flexibility index (Phi) is 3.69. The number of fused-ring (bicyclic) bond motifs is 1. The van der Waals surface area contributed by atoms with Crippen molar-refractivity contribution >= 4 is 16.6 Å². The lowest BCUT2D eigenvalue weighted by Gasteiger charge is -2.19. The SMILES string of the molecule is Cc1[nH]c2ccccc2c1N(C)CCCCN. The highest BCUT2D eigenvalue weighted by molar-refractivity contribution is 5.94. The Labute approximate surface area is 103 Å². The maximum absolute atomic E-state index is 5.53. The standard InChI is InChI=1S/C14H21N3/c1-11-14(17(2)10-6-5-9-15)12-7-3-4-8-13(12)16-11/h3-4,7-8,16H,5-6,9-10,15H2,1-2H3. The van der Waals surface area contributed by atoms with Crippen molar-refractivity contribution in [3.05, 3.63) is 30.0 Å². The fourth-order valence-corrected chi connectivity index (χ4v) is 2.36. The van der Waals surface area contributed by atoms with E-state index >= 15 is 0 Å². The van der Waals surface area contributed by atoms with Crippen molar-refractivity contribution in [3.63, 3.8) is 0 Å². The molecule has 0 spiro atoms. The van der Waals surface area contributed by atoms with Gasteiger partial charge in [0.25, 0.3) is 0 Å². The van der Waals surface area contributed by atoms with Gasteiger partial charge in [0.15, 0.2) is 0 Å². The van der Waals surface area contributed by atoms with Gasteiger partial charge in [-0.15, -0.1) is 0 Å². The van der Waals surface area contributed by atoms with Crippen molar-refractivity contribution in [2.75, 3.05) is 25.0 Å². The van der Waals surface area contributed by atoms with Crippen LogP contribution in [0.5, 0.6) is 0 Å². The molecule has 0 fully saturated rings. The summed E-state index contributed by atoms with van der Waals surface area (Å²) in [6, 6.07) is 8.45. The molecule has 0 aliphatic rings. The average molecular weight is 231 g/mol. The first-order valence-corrected chi connectivity index (χ1v) is 6.22. The van der Waals surface area contributed by atoms with Gasteiger partial charge in [-0.3, -0.25) is 0 Å². The summed E-state index contributed by atoms with van der Waals surface area (Å²) < 4.78 is 0. The van der Waals surface area contributed by atoms with Crippen LogP contribution < -0.4 is 10.6 Å². The number of benzene rings is 1. The molecule has 0 aliphatic carbocycles. The summed E-state index contributed by atoms with van der Waals surface area (Å²) in [5.41, 5.74) is 9.30. The molecule has 3 nitrogen and oxygen atoms in total. The van der Waals surface area contributed by atoms with E-state index < -0.39 is 0 Å². The van der Waals surface area contributed by atoms with E-state index in [2.05, 4.69) is 48.1 Å². The molecule has 92 valence electrons. The Morgan fingerprint density at radius 3 is 2.76 bits per heavy atom. The summed E-state index contributed by atoms with van der Waals surface area (Å²) in [6.45, 7) is 3.97.